The largest absolute Gasteiger partial charge is 0.337 e. The molecule has 0 aliphatic rings. The molecule has 0 atom stereocenters. The molecule has 2 aromatic carbocycles. The van der Waals surface area contributed by atoms with E-state index in [0.29, 0.717) is 22.3 Å². The minimum absolute atomic E-state index is 0.256. The van der Waals surface area contributed by atoms with Crippen LogP contribution in [0.4, 0.5) is 27.4 Å². The summed E-state index contributed by atoms with van der Waals surface area (Å²) in [6, 6.07) is 13.0. The molecule has 0 fully saturated rings. The first-order chi connectivity index (χ1) is 12.2. The Morgan fingerprint density at radius 3 is 1.76 bits per heavy atom. The van der Waals surface area contributed by atoms with Crippen LogP contribution >= 0.6 is 11.6 Å². The van der Waals surface area contributed by atoms with E-state index in [4.69, 9.17) is 11.6 Å². The Morgan fingerprint density at radius 1 is 0.760 bits per heavy atom. The monoisotopic (exact) mass is 356 g/mol. The van der Waals surface area contributed by atoms with Gasteiger partial charge >= 0.3 is 0 Å². The lowest BCUT2D eigenvalue weighted by molar-refractivity contribution is 0.314. The topological polar surface area (TPSA) is 88.8 Å². The number of fused-ring (bicyclic) bond motifs is 1. The fraction of sp³-hybridized carbons (Fsp3) is 0. The lowest BCUT2D eigenvalue weighted by Crippen LogP contribution is -2.03. The van der Waals surface area contributed by atoms with Gasteiger partial charge in [-0.1, -0.05) is 11.6 Å². The van der Waals surface area contributed by atoms with Crippen molar-refractivity contribution in [3.05, 3.63) is 59.4 Å². The third-order valence-corrected chi connectivity index (χ3v) is 3.58. The van der Waals surface area contributed by atoms with Crippen LogP contribution in [0.5, 0.6) is 0 Å². The fourth-order valence-electron chi connectivity index (χ4n) is 2.15. The Balaban J connectivity index is 1.72. The summed E-state index contributed by atoms with van der Waals surface area (Å²) < 4.78 is 17.7. The van der Waals surface area contributed by atoms with E-state index < -0.39 is 0 Å². The minimum atomic E-state index is -0.327. The van der Waals surface area contributed by atoms with Crippen LogP contribution in [0, 0.1) is 5.82 Å². The van der Waals surface area contributed by atoms with Crippen LogP contribution < -0.4 is 10.6 Å². The molecular formula is C16H10ClFN6O. The zero-order valence-electron chi connectivity index (χ0n) is 12.6. The lowest BCUT2D eigenvalue weighted by Gasteiger charge is -2.11. The van der Waals surface area contributed by atoms with E-state index in [1.54, 1.807) is 36.4 Å². The van der Waals surface area contributed by atoms with Gasteiger partial charge in [-0.15, -0.1) is 0 Å². The van der Waals surface area contributed by atoms with Crippen LogP contribution in [-0.4, -0.2) is 20.3 Å². The number of nitrogens with one attached hydrogen (secondary N) is 2. The predicted octanol–water partition coefficient (Wildman–Crippen LogP) is 4.29. The summed E-state index contributed by atoms with van der Waals surface area (Å²) in [6.07, 6.45) is 0. The van der Waals surface area contributed by atoms with E-state index in [1.165, 1.54) is 12.1 Å². The number of rotatable bonds is 4. The summed E-state index contributed by atoms with van der Waals surface area (Å²) in [4.78, 5) is 8.70. The van der Waals surface area contributed by atoms with Crippen LogP contribution in [0.25, 0.3) is 11.3 Å². The van der Waals surface area contributed by atoms with E-state index in [1.807, 2.05) is 0 Å². The van der Waals surface area contributed by atoms with Crippen LogP contribution in [0.15, 0.2) is 53.2 Å². The van der Waals surface area contributed by atoms with Gasteiger partial charge in [0.1, 0.15) is 5.82 Å². The van der Waals surface area contributed by atoms with Gasteiger partial charge in [-0.05, 0) is 58.8 Å². The number of hydrogen-bond acceptors (Lipinski definition) is 7. The highest BCUT2D eigenvalue weighted by Gasteiger charge is 2.13. The van der Waals surface area contributed by atoms with E-state index >= 15 is 0 Å². The minimum Gasteiger partial charge on any atom is -0.337 e. The van der Waals surface area contributed by atoms with Gasteiger partial charge in [0.05, 0.1) is 0 Å². The van der Waals surface area contributed by atoms with Crippen molar-refractivity contribution >= 4 is 45.9 Å². The van der Waals surface area contributed by atoms with Crippen molar-refractivity contribution in [1.82, 2.24) is 20.3 Å². The predicted molar refractivity (Wildman–Crippen MR) is 91.8 cm³/mol. The van der Waals surface area contributed by atoms with Crippen molar-refractivity contribution in [2.45, 2.75) is 0 Å². The van der Waals surface area contributed by atoms with Crippen LogP contribution in [0.2, 0.25) is 5.02 Å². The first kappa shape index (κ1) is 15.3. The Kier molecular flexibility index (Phi) is 3.87. The molecule has 0 radical (unpaired) electrons. The molecule has 0 spiro atoms. The summed E-state index contributed by atoms with van der Waals surface area (Å²) in [5.41, 5.74) is 1.93. The lowest BCUT2D eigenvalue weighted by atomic mass is 10.3. The number of nitrogens with zero attached hydrogens (tertiary/aromatic N) is 4. The highest BCUT2D eigenvalue weighted by molar-refractivity contribution is 6.30. The van der Waals surface area contributed by atoms with Crippen molar-refractivity contribution in [3.8, 4) is 0 Å². The third-order valence-electron chi connectivity index (χ3n) is 3.33. The van der Waals surface area contributed by atoms with Gasteiger partial charge in [-0.2, -0.15) is 0 Å². The Morgan fingerprint density at radius 2 is 1.24 bits per heavy atom. The average molecular weight is 357 g/mol. The maximum Gasteiger partial charge on any atom is 0.245 e. The van der Waals surface area contributed by atoms with Gasteiger partial charge < -0.3 is 10.6 Å². The smallest absolute Gasteiger partial charge is 0.245 e. The molecule has 0 aliphatic heterocycles. The zero-order valence-corrected chi connectivity index (χ0v) is 13.3. The van der Waals surface area contributed by atoms with Crippen LogP contribution in [0.3, 0.4) is 0 Å². The Bertz CT molecular complexity index is 938. The molecule has 2 heterocycles. The van der Waals surface area contributed by atoms with Gasteiger partial charge in [-0.25, -0.2) is 19.0 Å². The number of benzene rings is 2. The summed E-state index contributed by atoms with van der Waals surface area (Å²) in [5.74, 6) is 0.479. The molecule has 7 nitrogen and oxygen atoms in total. The first-order valence-corrected chi connectivity index (χ1v) is 7.61. The van der Waals surface area contributed by atoms with Crippen LogP contribution in [0.1, 0.15) is 0 Å². The van der Waals surface area contributed by atoms with Gasteiger partial charge in [0.25, 0.3) is 0 Å². The van der Waals surface area contributed by atoms with Gasteiger partial charge in [-0.3, -0.25) is 0 Å². The molecule has 4 rings (SSSR count). The molecule has 9 heteroatoms. The molecule has 0 aliphatic carbocycles. The second kappa shape index (κ2) is 6.33. The summed E-state index contributed by atoms with van der Waals surface area (Å²) >= 11 is 5.90. The molecule has 0 unspecified atom stereocenters. The molecule has 124 valence electrons. The van der Waals surface area contributed by atoms with Gasteiger partial charge in [0, 0.05) is 16.4 Å². The van der Waals surface area contributed by atoms with Crippen molar-refractivity contribution < 1.29 is 9.02 Å². The second-order valence-electron chi connectivity index (χ2n) is 5.10. The van der Waals surface area contributed by atoms with E-state index in [0.717, 1.165) is 5.69 Å². The molecule has 0 bridgehead atoms. The maximum atomic E-state index is 13.1. The normalized spacial score (nSPS) is 10.8. The third kappa shape index (κ3) is 3.33. The van der Waals surface area contributed by atoms with Crippen molar-refractivity contribution in [3.63, 3.8) is 0 Å². The molecule has 2 N–H and O–H groups in total. The highest BCUT2D eigenvalue weighted by Crippen LogP contribution is 2.27. The molecule has 0 saturated carbocycles. The average Bonchev–Trinajstić information content (AvgIpc) is 3.06. The van der Waals surface area contributed by atoms with Crippen molar-refractivity contribution in [2.75, 3.05) is 10.6 Å². The molecule has 4 aromatic rings. The fourth-order valence-corrected chi connectivity index (χ4v) is 2.28. The van der Waals surface area contributed by atoms with E-state index in [-0.39, 0.29) is 17.1 Å². The standard InChI is InChI=1S/C16H10ClFN6O/c17-9-1-5-11(6-2-9)19-13-14(20-12-7-3-10(18)4-8-12)22-16-15(21-13)23-25-24-16/h1-8H,(H,19,21,23)(H,20,22,24). The Hall–Kier alpha value is -3.26. The highest BCUT2D eigenvalue weighted by atomic mass is 35.5. The van der Waals surface area contributed by atoms with Crippen molar-refractivity contribution in [2.24, 2.45) is 0 Å². The Labute approximate surface area is 145 Å². The molecule has 2 aromatic heterocycles. The number of halogens is 2. The first-order valence-electron chi connectivity index (χ1n) is 7.23. The number of aromatic nitrogens is 4. The second-order valence-corrected chi connectivity index (χ2v) is 5.53. The molecule has 0 amide bonds. The molecule has 0 saturated heterocycles. The zero-order chi connectivity index (χ0) is 17.2. The van der Waals surface area contributed by atoms with E-state index in [9.17, 15) is 4.39 Å². The quantitative estimate of drug-likeness (QED) is 0.563. The summed E-state index contributed by atoms with van der Waals surface area (Å²) in [5, 5.41) is 14.2. The van der Waals surface area contributed by atoms with Crippen LogP contribution in [-0.2, 0) is 0 Å². The maximum absolute atomic E-state index is 13.1. The number of hydrogen-bond donors (Lipinski definition) is 2. The molecular weight excluding hydrogens is 347 g/mol. The van der Waals surface area contributed by atoms with Gasteiger partial charge in [0.15, 0.2) is 11.6 Å². The van der Waals surface area contributed by atoms with Gasteiger partial charge in [0.2, 0.25) is 11.3 Å². The summed E-state index contributed by atoms with van der Waals surface area (Å²) in [6.45, 7) is 0. The SMILES string of the molecule is Fc1ccc(Nc2nc3nonc3nc2Nc2ccc(Cl)cc2)cc1. The van der Waals surface area contributed by atoms with Crippen molar-refractivity contribution in [1.29, 1.82) is 0 Å². The molecule has 25 heavy (non-hydrogen) atoms. The van der Waals surface area contributed by atoms with E-state index in [2.05, 4.69) is 35.5 Å². The number of anilines is 4. The summed E-state index contributed by atoms with van der Waals surface area (Å²) in [7, 11) is 0.